The molecule has 6 rings (SSSR count). The highest BCUT2D eigenvalue weighted by Crippen LogP contribution is 2.37. The van der Waals surface area contributed by atoms with Gasteiger partial charge in [0, 0.05) is 92.4 Å². The molecular weight excluding hydrogens is 847 g/mol. The van der Waals surface area contributed by atoms with Crippen molar-refractivity contribution in [1.82, 2.24) is 29.4 Å². The van der Waals surface area contributed by atoms with Crippen LogP contribution in [0.25, 0.3) is 0 Å². The minimum atomic E-state index is -2.47. The highest BCUT2D eigenvalue weighted by atomic mass is 19.3. The lowest BCUT2D eigenvalue weighted by Gasteiger charge is -2.30. The maximum Gasteiger partial charge on any atom is 0.262 e. The quantitative estimate of drug-likeness (QED) is 0.191. The van der Waals surface area contributed by atoms with Crippen molar-refractivity contribution in [3.05, 3.63) is 0 Å². The first-order chi connectivity index (χ1) is 30.5. The van der Waals surface area contributed by atoms with E-state index in [1.165, 1.54) is 58.0 Å². The summed E-state index contributed by atoms with van der Waals surface area (Å²) in [6.07, 6.45) is 9.67. The van der Waals surface area contributed by atoms with Gasteiger partial charge in [0.1, 0.15) is 12.8 Å². The summed E-state index contributed by atoms with van der Waals surface area (Å²) in [6, 6.07) is 5.36. The summed E-state index contributed by atoms with van der Waals surface area (Å²) in [7, 11) is 0. The fourth-order valence-electron chi connectivity index (χ4n) is 11.6. The summed E-state index contributed by atoms with van der Waals surface area (Å²) in [6.45, 7) is 45.4. The predicted octanol–water partition coefficient (Wildman–Crippen LogP) is 13.6. The van der Waals surface area contributed by atoms with Crippen LogP contribution in [0.3, 0.4) is 0 Å². The fourth-order valence-corrected chi connectivity index (χ4v) is 11.6. The summed E-state index contributed by atoms with van der Waals surface area (Å²) < 4.78 is 76.9. The SMILES string of the molecule is CC(C)C1CC(F)(F)CN1C(C)C.CC(C)C1CCCN1CCF.CC(C)C1C[C@H](F)CN1C(C)C.CC(C)N1CC(F)(F)CC1C.CC(C)N1CCCC1C.CC[C@@H]1CCCN1C(C)C. The van der Waals surface area contributed by atoms with Crippen molar-refractivity contribution >= 4 is 0 Å². The van der Waals surface area contributed by atoms with Crippen molar-refractivity contribution in [2.75, 3.05) is 52.5 Å². The third kappa shape index (κ3) is 21.8. The van der Waals surface area contributed by atoms with Gasteiger partial charge in [0.15, 0.2) is 0 Å². The lowest BCUT2D eigenvalue weighted by Crippen LogP contribution is -2.39. The molecule has 0 saturated carbocycles. The minimum Gasteiger partial charge on any atom is -0.298 e. The van der Waals surface area contributed by atoms with Gasteiger partial charge in [0.2, 0.25) is 0 Å². The number of hydrogen-bond acceptors (Lipinski definition) is 6. The first kappa shape index (κ1) is 63.4. The number of alkyl halides is 6. The fraction of sp³-hybridized carbons (Fsp3) is 1.00. The zero-order chi connectivity index (χ0) is 50.9. The van der Waals surface area contributed by atoms with Crippen LogP contribution in [0.2, 0.25) is 0 Å². The van der Waals surface area contributed by atoms with E-state index in [-0.39, 0.29) is 56.8 Å². The number of hydrogen-bond donors (Lipinski definition) is 0. The largest absolute Gasteiger partial charge is 0.298 e. The summed E-state index contributed by atoms with van der Waals surface area (Å²) in [5, 5.41) is 0. The Hall–Kier alpha value is -0.660. The summed E-state index contributed by atoms with van der Waals surface area (Å²) in [5.41, 5.74) is 0. The molecule has 396 valence electrons. The Balaban J connectivity index is 0.000000397. The van der Waals surface area contributed by atoms with Gasteiger partial charge >= 0.3 is 0 Å². The second-order valence-corrected chi connectivity index (χ2v) is 23.3. The molecular formula is C54H108F6N6. The Kier molecular flexibility index (Phi) is 29.1. The van der Waals surface area contributed by atoms with Crippen molar-refractivity contribution in [3.63, 3.8) is 0 Å². The number of rotatable bonds is 11. The molecule has 6 heterocycles. The molecule has 0 aromatic rings. The van der Waals surface area contributed by atoms with E-state index in [1.54, 1.807) is 0 Å². The third-order valence-electron chi connectivity index (χ3n) is 15.2. The third-order valence-corrected chi connectivity index (χ3v) is 15.2. The summed E-state index contributed by atoms with van der Waals surface area (Å²) in [4.78, 5) is 13.5. The Labute approximate surface area is 405 Å². The van der Waals surface area contributed by atoms with Gasteiger partial charge in [0.25, 0.3) is 11.8 Å². The Morgan fingerprint density at radius 3 is 1.29 bits per heavy atom. The molecule has 66 heavy (non-hydrogen) atoms. The lowest BCUT2D eigenvalue weighted by molar-refractivity contribution is 0.00858. The van der Waals surface area contributed by atoms with Crippen LogP contribution in [-0.4, -0.2) is 166 Å². The van der Waals surface area contributed by atoms with Crippen LogP contribution in [0, 0.1) is 17.8 Å². The maximum absolute atomic E-state index is 13.1. The molecule has 6 nitrogen and oxygen atoms in total. The molecule has 0 N–H and O–H groups in total. The molecule has 0 aromatic heterocycles. The molecule has 0 aromatic carbocycles. The average molecular weight is 955 g/mol. The summed E-state index contributed by atoms with van der Waals surface area (Å²) >= 11 is 0. The first-order valence-corrected chi connectivity index (χ1v) is 27.0. The van der Waals surface area contributed by atoms with Crippen LogP contribution in [0.15, 0.2) is 0 Å². The van der Waals surface area contributed by atoms with Gasteiger partial charge in [-0.25, -0.2) is 26.3 Å². The van der Waals surface area contributed by atoms with Crippen molar-refractivity contribution in [2.24, 2.45) is 17.8 Å². The van der Waals surface area contributed by atoms with Crippen molar-refractivity contribution in [3.8, 4) is 0 Å². The standard InChI is InChI=1S/C10H19F2N.C10H20FN.C9H18FN.C9H19N.C8H15F2N.C8H17N/c1-7(2)9-5-10(11,12)6-13(9)8(3)4;1-7(2)10-5-9(11)6-12(10)8(3)4;1-8(2)9-4-3-6-11(9)7-5-10;1-4-9-6-5-7-10(9)8(2)3;1-6(2)11-5-8(9,10)4-7(11)3;1-7(2)9-6-4-5-8(9)3/h7-9H,5-6H2,1-4H3;7-10H,5-6H2,1-4H3;8-9H,3-7H2,1-2H3;8-9H,4-7H2,1-3H3;6-7H,4-5H2,1-3H3;7-8H,4-6H2,1-3H3/t;9-,10?;;9-;;/m.0.1../s1. The molecule has 6 fully saturated rings. The molecule has 7 atom stereocenters. The van der Waals surface area contributed by atoms with Gasteiger partial charge in [-0.2, -0.15) is 0 Å². The van der Waals surface area contributed by atoms with E-state index in [9.17, 15) is 26.3 Å². The Morgan fingerprint density at radius 2 is 0.955 bits per heavy atom. The van der Waals surface area contributed by atoms with Crippen LogP contribution < -0.4 is 0 Å². The molecule has 5 unspecified atom stereocenters. The average Bonchev–Trinajstić information content (AvgIpc) is 4.06. The normalized spacial score (nSPS) is 29.7. The van der Waals surface area contributed by atoms with Gasteiger partial charge < -0.3 is 0 Å². The highest BCUT2D eigenvalue weighted by molar-refractivity contribution is 4.94. The monoisotopic (exact) mass is 955 g/mol. The molecule has 0 aliphatic carbocycles. The number of nitrogens with zero attached hydrogens (tertiary/aromatic N) is 6. The highest BCUT2D eigenvalue weighted by Gasteiger charge is 2.47. The van der Waals surface area contributed by atoms with Gasteiger partial charge in [-0.3, -0.25) is 29.4 Å². The van der Waals surface area contributed by atoms with Crippen LogP contribution in [0.1, 0.15) is 196 Å². The molecule has 6 aliphatic rings. The smallest absolute Gasteiger partial charge is 0.262 e. The second kappa shape index (κ2) is 30.3. The van der Waals surface area contributed by atoms with E-state index in [2.05, 4.69) is 103 Å². The molecule has 0 amide bonds. The van der Waals surface area contributed by atoms with Crippen LogP contribution in [0.4, 0.5) is 26.3 Å². The minimum absolute atomic E-state index is 0.0190. The van der Waals surface area contributed by atoms with Crippen LogP contribution in [-0.2, 0) is 0 Å². The Bertz CT molecular complexity index is 1220. The first-order valence-electron chi connectivity index (χ1n) is 27.0. The zero-order valence-electron chi connectivity index (χ0n) is 46.3. The van der Waals surface area contributed by atoms with Crippen molar-refractivity contribution < 1.29 is 26.3 Å². The van der Waals surface area contributed by atoms with Gasteiger partial charge in [-0.1, -0.05) is 48.5 Å². The van der Waals surface area contributed by atoms with Crippen LogP contribution in [0.5, 0.6) is 0 Å². The zero-order valence-corrected chi connectivity index (χ0v) is 46.3. The molecule has 0 spiro atoms. The van der Waals surface area contributed by atoms with E-state index in [0.717, 1.165) is 37.1 Å². The van der Waals surface area contributed by atoms with Gasteiger partial charge in [0.05, 0.1) is 13.1 Å². The lowest BCUT2D eigenvalue weighted by atomic mass is 10.0. The van der Waals surface area contributed by atoms with E-state index < -0.39 is 18.0 Å². The van der Waals surface area contributed by atoms with Crippen molar-refractivity contribution in [2.45, 2.75) is 280 Å². The molecule has 0 bridgehead atoms. The van der Waals surface area contributed by atoms with Crippen LogP contribution >= 0.6 is 0 Å². The van der Waals surface area contributed by atoms with E-state index in [1.807, 2.05) is 58.3 Å². The number of halogens is 6. The number of likely N-dealkylation sites (tertiary alicyclic amines) is 6. The van der Waals surface area contributed by atoms with Gasteiger partial charge in [-0.15, -0.1) is 0 Å². The van der Waals surface area contributed by atoms with Crippen molar-refractivity contribution in [1.29, 1.82) is 0 Å². The molecule has 6 aliphatic heterocycles. The molecule has 12 heteroatoms. The molecule has 6 saturated heterocycles. The van der Waals surface area contributed by atoms with Gasteiger partial charge in [-0.05, 0) is 172 Å². The topological polar surface area (TPSA) is 19.4 Å². The van der Waals surface area contributed by atoms with E-state index >= 15 is 0 Å². The maximum atomic E-state index is 13.1. The predicted molar refractivity (Wildman–Crippen MR) is 272 cm³/mol. The Morgan fingerprint density at radius 1 is 0.500 bits per heavy atom. The van der Waals surface area contributed by atoms with E-state index in [0.29, 0.717) is 49.0 Å². The van der Waals surface area contributed by atoms with E-state index in [4.69, 9.17) is 0 Å². The second-order valence-electron chi connectivity index (χ2n) is 23.3. The molecule has 0 radical (unpaired) electrons. The summed E-state index contributed by atoms with van der Waals surface area (Å²) in [5.74, 6) is -3.35.